The number of nitro benzene ring substituents is 1. The lowest BCUT2D eigenvalue weighted by atomic mass is 10.1. The number of anilines is 1. The first kappa shape index (κ1) is 13.4. The molecule has 94 valence electrons. The number of hydrogen-bond donors (Lipinski definition) is 1. The molecule has 1 aromatic rings. The highest BCUT2D eigenvalue weighted by atomic mass is 19.1. The molecule has 0 aliphatic rings. The second kappa shape index (κ2) is 4.67. The minimum Gasteiger partial charge on any atom is -0.389 e. The van der Waals surface area contributed by atoms with Gasteiger partial charge in [0.15, 0.2) is 11.5 Å². The van der Waals surface area contributed by atoms with Gasteiger partial charge in [-0.25, -0.2) is 4.39 Å². The first-order valence-electron chi connectivity index (χ1n) is 5.09. The lowest BCUT2D eigenvalue weighted by molar-refractivity contribution is -0.384. The van der Waals surface area contributed by atoms with Gasteiger partial charge in [0.25, 0.3) is 5.69 Å². The van der Waals surface area contributed by atoms with Crippen molar-refractivity contribution in [3.8, 4) is 0 Å². The molecular weight excluding hydrogens is 227 g/mol. The highest BCUT2D eigenvalue weighted by Gasteiger charge is 2.25. The van der Waals surface area contributed by atoms with Crippen molar-refractivity contribution in [2.24, 2.45) is 0 Å². The van der Waals surface area contributed by atoms with E-state index in [2.05, 4.69) is 0 Å². The van der Waals surface area contributed by atoms with Crippen molar-refractivity contribution in [3.63, 3.8) is 0 Å². The zero-order chi connectivity index (χ0) is 13.2. The van der Waals surface area contributed by atoms with E-state index in [1.165, 1.54) is 24.1 Å². The van der Waals surface area contributed by atoms with Crippen LogP contribution in [-0.4, -0.2) is 29.2 Å². The van der Waals surface area contributed by atoms with E-state index in [1.54, 1.807) is 13.8 Å². The number of benzene rings is 1. The predicted molar refractivity (Wildman–Crippen MR) is 62.6 cm³/mol. The Labute approximate surface area is 98.6 Å². The smallest absolute Gasteiger partial charge is 0.295 e. The van der Waals surface area contributed by atoms with Gasteiger partial charge in [0, 0.05) is 19.7 Å². The maximum Gasteiger partial charge on any atom is 0.295 e. The molecule has 0 heterocycles. The van der Waals surface area contributed by atoms with Crippen molar-refractivity contribution in [2.75, 3.05) is 18.5 Å². The molecule has 0 amide bonds. The number of rotatable bonds is 4. The van der Waals surface area contributed by atoms with E-state index in [-0.39, 0.29) is 17.9 Å². The van der Waals surface area contributed by atoms with Crippen LogP contribution in [0.1, 0.15) is 13.8 Å². The fourth-order valence-corrected chi connectivity index (χ4v) is 1.69. The van der Waals surface area contributed by atoms with Crippen LogP contribution in [0.4, 0.5) is 15.8 Å². The van der Waals surface area contributed by atoms with Gasteiger partial charge in [-0.15, -0.1) is 0 Å². The third kappa shape index (κ3) is 3.39. The second-order valence-electron chi connectivity index (χ2n) is 4.53. The SMILES string of the molecule is CN(CC(C)(C)O)c1c(F)cccc1[N+](=O)[O-]. The van der Waals surface area contributed by atoms with Crippen LogP contribution in [0, 0.1) is 15.9 Å². The summed E-state index contributed by atoms with van der Waals surface area (Å²) in [6, 6.07) is 3.68. The largest absolute Gasteiger partial charge is 0.389 e. The number of nitro groups is 1. The van der Waals surface area contributed by atoms with E-state index >= 15 is 0 Å². The molecule has 6 heteroatoms. The van der Waals surface area contributed by atoms with Crippen LogP contribution in [0.2, 0.25) is 0 Å². The fraction of sp³-hybridized carbons (Fsp3) is 0.455. The number of hydrogen-bond acceptors (Lipinski definition) is 4. The molecule has 0 saturated carbocycles. The molecule has 5 nitrogen and oxygen atoms in total. The molecule has 0 radical (unpaired) electrons. The van der Waals surface area contributed by atoms with Gasteiger partial charge in [-0.3, -0.25) is 10.1 Å². The van der Waals surface area contributed by atoms with Crippen LogP contribution in [-0.2, 0) is 0 Å². The third-order valence-corrected chi connectivity index (χ3v) is 2.17. The molecule has 0 fully saturated rings. The number of nitrogens with zero attached hydrogens (tertiary/aromatic N) is 2. The van der Waals surface area contributed by atoms with Gasteiger partial charge in [-0.05, 0) is 19.9 Å². The molecule has 0 aromatic heterocycles. The Hall–Kier alpha value is -1.69. The standard InChI is InChI=1S/C11H15FN2O3/c1-11(2,15)7-13(3)10-8(12)5-4-6-9(10)14(16)17/h4-6,15H,7H2,1-3H3. The Kier molecular flexibility index (Phi) is 3.67. The van der Waals surface area contributed by atoms with Gasteiger partial charge in [-0.1, -0.05) is 6.07 Å². The summed E-state index contributed by atoms with van der Waals surface area (Å²) in [6.45, 7) is 3.20. The summed E-state index contributed by atoms with van der Waals surface area (Å²) >= 11 is 0. The summed E-state index contributed by atoms with van der Waals surface area (Å²) in [7, 11) is 1.50. The highest BCUT2D eigenvalue weighted by Crippen LogP contribution is 2.30. The van der Waals surface area contributed by atoms with E-state index in [4.69, 9.17) is 0 Å². The monoisotopic (exact) mass is 242 g/mol. The summed E-state index contributed by atoms with van der Waals surface area (Å²) in [5.41, 5.74) is -1.48. The average Bonchev–Trinajstić information content (AvgIpc) is 2.13. The van der Waals surface area contributed by atoms with Crippen LogP contribution in [0.3, 0.4) is 0 Å². The van der Waals surface area contributed by atoms with Crippen molar-refractivity contribution in [2.45, 2.75) is 19.4 Å². The van der Waals surface area contributed by atoms with Crippen molar-refractivity contribution >= 4 is 11.4 Å². The zero-order valence-corrected chi connectivity index (χ0v) is 9.98. The first-order chi connectivity index (χ1) is 7.72. The number of likely N-dealkylation sites (N-methyl/N-ethyl adjacent to an activating group) is 1. The zero-order valence-electron chi connectivity index (χ0n) is 9.98. The Balaban J connectivity index is 3.16. The Morgan fingerprint density at radius 3 is 2.59 bits per heavy atom. The van der Waals surface area contributed by atoms with Gasteiger partial charge in [-0.2, -0.15) is 0 Å². The minimum absolute atomic E-state index is 0.0920. The summed E-state index contributed by atoms with van der Waals surface area (Å²) in [5, 5.41) is 20.4. The maximum absolute atomic E-state index is 13.6. The molecule has 1 rings (SSSR count). The molecule has 1 N–H and O–H groups in total. The van der Waals surface area contributed by atoms with Crippen molar-refractivity contribution in [1.82, 2.24) is 0 Å². The average molecular weight is 242 g/mol. The Bertz CT molecular complexity index is 429. The number of para-hydroxylation sites is 1. The van der Waals surface area contributed by atoms with E-state index in [9.17, 15) is 19.6 Å². The molecule has 1 aromatic carbocycles. The van der Waals surface area contributed by atoms with E-state index < -0.39 is 16.3 Å². The van der Waals surface area contributed by atoms with Crippen LogP contribution in [0.25, 0.3) is 0 Å². The molecule has 17 heavy (non-hydrogen) atoms. The van der Waals surface area contributed by atoms with Crippen molar-refractivity contribution in [3.05, 3.63) is 34.1 Å². The summed E-state index contributed by atoms with van der Waals surface area (Å²) < 4.78 is 13.6. The second-order valence-corrected chi connectivity index (χ2v) is 4.53. The summed E-state index contributed by atoms with van der Waals surface area (Å²) in [6.07, 6.45) is 0. The lowest BCUT2D eigenvalue weighted by Crippen LogP contribution is -2.36. The summed E-state index contributed by atoms with van der Waals surface area (Å²) in [5.74, 6) is -0.675. The first-order valence-corrected chi connectivity index (χ1v) is 5.09. The lowest BCUT2D eigenvalue weighted by Gasteiger charge is -2.27. The minimum atomic E-state index is -1.06. The molecule has 0 unspecified atom stereocenters. The number of aliphatic hydroxyl groups is 1. The van der Waals surface area contributed by atoms with Crippen molar-refractivity contribution < 1.29 is 14.4 Å². The highest BCUT2D eigenvalue weighted by molar-refractivity contribution is 5.63. The van der Waals surface area contributed by atoms with Gasteiger partial charge in [0.2, 0.25) is 0 Å². The molecule has 0 aliphatic heterocycles. The van der Waals surface area contributed by atoms with Crippen LogP contribution in [0.5, 0.6) is 0 Å². The molecule has 0 aliphatic carbocycles. The van der Waals surface area contributed by atoms with E-state index in [1.807, 2.05) is 0 Å². The quantitative estimate of drug-likeness (QED) is 0.647. The van der Waals surface area contributed by atoms with Gasteiger partial charge in [0.1, 0.15) is 0 Å². The molecular formula is C11H15FN2O3. The van der Waals surface area contributed by atoms with Crippen LogP contribution < -0.4 is 4.90 Å². The normalized spacial score (nSPS) is 11.4. The fourth-order valence-electron chi connectivity index (χ4n) is 1.69. The maximum atomic E-state index is 13.6. The van der Waals surface area contributed by atoms with Gasteiger partial charge < -0.3 is 10.0 Å². The molecule has 0 spiro atoms. The van der Waals surface area contributed by atoms with E-state index in [0.717, 1.165) is 6.07 Å². The molecule has 0 atom stereocenters. The number of halogens is 1. The molecule has 0 saturated heterocycles. The van der Waals surface area contributed by atoms with E-state index in [0.29, 0.717) is 0 Å². The predicted octanol–water partition coefficient (Wildman–Crippen LogP) is 1.94. The van der Waals surface area contributed by atoms with Crippen molar-refractivity contribution in [1.29, 1.82) is 0 Å². The molecule has 0 bridgehead atoms. The van der Waals surface area contributed by atoms with Crippen LogP contribution >= 0.6 is 0 Å². The topological polar surface area (TPSA) is 66.6 Å². The third-order valence-electron chi connectivity index (χ3n) is 2.17. The summed E-state index contributed by atoms with van der Waals surface area (Å²) in [4.78, 5) is 11.5. The Morgan fingerprint density at radius 1 is 1.53 bits per heavy atom. The van der Waals surface area contributed by atoms with Crippen LogP contribution in [0.15, 0.2) is 18.2 Å². The Morgan fingerprint density at radius 2 is 2.12 bits per heavy atom. The van der Waals surface area contributed by atoms with Gasteiger partial charge in [0.05, 0.1) is 10.5 Å². The van der Waals surface area contributed by atoms with Gasteiger partial charge >= 0.3 is 0 Å².